The first kappa shape index (κ1) is 19.0. The molecule has 2 N–H and O–H groups in total. The minimum atomic E-state index is -3.50. The van der Waals surface area contributed by atoms with Gasteiger partial charge in [0, 0.05) is 25.5 Å². The van der Waals surface area contributed by atoms with Crippen LogP contribution < -0.4 is 10.6 Å². The van der Waals surface area contributed by atoms with Crippen molar-refractivity contribution in [3.05, 3.63) is 54.1 Å². The molecule has 0 aromatic heterocycles. The van der Waals surface area contributed by atoms with Crippen molar-refractivity contribution in [2.75, 3.05) is 31.3 Å². The Morgan fingerprint density at radius 2 is 1.72 bits per heavy atom. The van der Waals surface area contributed by atoms with Gasteiger partial charge in [-0.05, 0) is 42.3 Å². The average Bonchev–Trinajstić information content (AvgIpc) is 2.60. The maximum Gasteiger partial charge on any atom is 0.243 e. The van der Waals surface area contributed by atoms with Crippen molar-refractivity contribution in [1.29, 1.82) is 0 Å². The van der Waals surface area contributed by atoms with Gasteiger partial charge in [0.15, 0.2) is 0 Å². The molecule has 0 unspecified atom stereocenters. The van der Waals surface area contributed by atoms with E-state index >= 15 is 0 Å². The minimum absolute atomic E-state index is 0.0435. The standard InChI is InChI=1S/C18H23N3O3S/c1-4-14-7-5-9-16(11-14)20-18(22)13-19-15-8-6-10-17(12-15)25(23,24)21(2)3/h5-12,19H,4,13H2,1-3H3,(H,20,22). The third-order valence-electron chi connectivity index (χ3n) is 3.68. The number of anilines is 2. The number of nitrogens with zero attached hydrogens (tertiary/aromatic N) is 1. The number of nitrogens with one attached hydrogen (secondary N) is 2. The quantitative estimate of drug-likeness (QED) is 0.794. The summed E-state index contributed by atoms with van der Waals surface area (Å²) in [6, 6.07) is 14.1. The molecule has 0 bridgehead atoms. The summed E-state index contributed by atoms with van der Waals surface area (Å²) < 4.78 is 25.4. The van der Waals surface area contributed by atoms with Crippen molar-refractivity contribution in [3.8, 4) is 0 Å². The Hall–Kier alpha value is -2.38. The zero-order valence-electron chi connectivity index (χ0n) is 14.6. The van der Waals surface area contributed by atoms with Crippen molar-refractivity contribution < 1.29 is 13.2 Å². The Kier molecular flexibility index (Phi) is 6.17. The van der Waals surface area contributed by atoms with Crippen LogP contribution in [-0.4, -0.2) is 39.3 Å². The van der Waals surface area contributed by atoms with Crippen LogP contribution >= 0.6 is 0 Å². The summed E-state index contributed by atoms with van der Waals surface area (Å²) in [6.07, 6.45) is 0.898. The van der Waals surface area contributed by atoms with Gasteiger partial charge in [-0.15, -0.1) is 0 Å². The molecule has 0 aliphatic rings. The molecule has 0 saturated heterocycles. The van der Waals surface area contributed by atoms with Gasteiger partial charge >= 0.3 is 0 Å². The van der Waals surface area contributed by atoms with Crippen molar-refractivity contribution in [2.45, 2.75) is 18.2 Å². The van der Waals surface area contributed by atoms with Crippen LogP contribution in [-0.2, 0) is 21.2 Å². The number of rotatable bonds is 7. The first-order valence-electron chi connectivity index (χ1n) is 7.98. The molecular weight excluding hydrogens is 338 g/mol. The highest BCUT2D eigenvalue weighted by Crippen LogP contribution is 2.18. The molecule has 0 spiro atoms. The van der Waals surface area contributed by atoms with Crippen LogP contribution in [0.1, 0.15) is 12.5 Å². The largest absolute Gasteiger partial charge is 0.376 e. The smallest absolute Gasteiger partial charge is 0.243 e. The lowest BCUT2D eigenvalue weighted by Crippen LogP contribution is -2.23. The van der Waals surface area contributed by atoms with Crippen LogP contribution in [0.3, 0.4) is 0 Å². The van der Waals surface area contributed by atoms with E-state index in [1.54, 1.807) is 12.1 Å². The van der Waals surface area contributed by atoms with Crippen LogP contribution in [0.5, 0.6) is 0 Å². The first-order valence-corrected chi connectivity index (χ1v) is 9.42. The number of carbonyl (C=O) groups is 1. The number of sulfonamides is 1. The zero-order chi connectivity index (χ0) is 18.4. The maximum absolute atomic E-state index is 12.1. The summed E-state index contributed by atoms with van der Waals surface area (Å²) in [5.74, 6) is -0.200. The van der Waals surface area contributed by atoms with Gasteiger partial charge in [0.05, 0.1) is 11.4 Å². The predicted molar refractivity (Wildman–Crippen MR) is 100 cm³/mol. The van der Waals surface area contributed by atoms with Gasteiger partial charge in [-0.3, -0.25) is 4.79 Å². The van der Waals surface area contributed by atoms with Crippen LogP contribution in [0.4, 0.5) is 11.4 Å². The maximum atomic E-state index is 12.1. The monoisotopic (exact) mass is 361 g/mol. The number of amides is 1. The zero-order valence-corrected chi connectivity index (χ0v) is 15.4. The highest BCUT2D eigenvalue weighted by molar-refractivity contribution is 7.89. The van der Waals surface area contributed by atoms with Gasteiger partial charge in [0.2, 0.25) is 15.9 Å². The molecule has 2 aromatic rings. The molecule has 0 aliphatic carbocycles. The summed E-state index contributed by atoms with van der Waals surface area (Å²) in [4.78, 5) is 12.3. The summed E-state index contributed by atoms with van der Waals surface area (Å²) in [5.41, 5.74) is 2.46. The second-order valence-corrected chi connectivity index (χ2v) is 7.92. The Morgan fingerprint density at radius 1 is 1.04 bits per heavy atom. The SMILES string of the molecule is CCc1cccc(NC(=O)CNc2cccc(S(=O)(=O)N(C)C)c2)c1. The molecule has 0 saturated carbocycles. The molecule has 25 heavy (non-hydrogen) atoms. The average molecular weight is 361 g/mol. The third-order valence-corrected chi connectivity index (χ3v) is 5.50. The van der Waals surface area contributed by atoms with E-state index in [1.807, 2.05) is 24.3 Å². The van der Waals surface area contributed by atoms with Gasteiger partial charge in [-0.1, -0.05) is 25.1 Å². The number of carbonyl (C=O) groups excluding carboxylic acids is 1. The fourth-order valence-electron chi connectivity index (χ4n) is 2.23. The fourth-order valence-corrected chi connectivity index (χ4v) is 3.18. The fraction of sp³-hybridized carbons (Fsp3) is 0.278. The molecule has 0 radical (unpaired) electrons. The molecule has 1 amide bonds. The van der Waals surface area contributed by atoms with Crippen LogP contribution in [0.2, 0.25) is 0 Å². The van der Waals surface area contributed by atoms with Gasteiger partial charge in [0.1, 0.15) is 0 Å². The first-order chi connectivity index (χ1) is 11.8. The molecule has 6 nitrogen and oxygen atoms in total. The molecular formula is C18H23N3O3S. The van der Waals surface area contributed by atoms with Gasteiger partial charge in [-0.2, -0.15) is 0 Å². The van der Waals surface area contributed by atoms with Crippen LogP contribution in [0.15, 0.2) is 53.4 Å². The highest BCUT2D eigenvalue weighted by Gasteiger charge is 2.17. The number of hydrogen-bond acceptors (Lipinski definition) is 4. The lowest BCUT2D eigenvalue weighted by atomic mass is 10.1. The Bertz CT molecular complexity index is 848. The number of benzene rings is 2. The van der Waals surface area contributed by atoms with Crippen LogP contribution in [0, 0.1) is 0 Å². The van der Waals surface area contributed by atoms with E-state index in [-0.39, 0.29) is 17.3 Å². The lowest BCUT2D eigenvalue weighted by molar-refractivity contribution is -0.114. The molecule has 0 aliphatic heterocycles. The topological polar surface area (TPSA) is 78.5 Å². The summed E-state index contributed by atoms with van der Waals surface area (Å²) >= 11 is 0. The van der Waals surface area contributed by atoms with E-state index in [2.05, 4.69) is 17.6 Å². The minimum Gasteiger partial charge on any atom is -0.376 e. The van der Waals surface area contributed by atoms with E-state index in [9.17, 15) is 13.2 Å². The van der Waals surface area contributed by atoms with Gasteiger partial charge in [-0.25, -0.2) is 12.7 Å². The molecule has 2 rings (SSSR count). The Morgan fingerprint density at radius 3 is 2.40 bits per heavy atom. The van der Waals surface area contributed by atoms with Crippen LogP contribution in [0.25, 0.3) is 0 Å². The van der Waals surface area contributed by atoms with E-state index < -0.39 is 10.0 Å². The number of aryl methyl sites for hydroxylation is 1. The Labute approximate surface area is 148 Å². The van der Waals surface area contributed by atoms with Gasteiger partial charge in [0.25, 0.3) is 0 Å². The van der Waals surface area contributed by atoms with E-state index in [0.717, 1.165) is 22.0 Å². The lowest BCUT2D eigenvalue weighted by Gasteiger charge is -2.13. The molecule has 7 heteroatoms. The van der Waals surface area contributed by atoms with Crippen molar-refractivity contribution in [3.63, 3.8) is 0 Å². The normalized spacial score (nSPS) is 11.4. The highest BCUT2D eigenvalue weighted by atomic mass is 32.2. The van der Waals surface area contributed by atoms with Crippen molar-refractivity contribution in [1.82, 2.24) is 4.31 Å². The molecule has 134 valence electrons. The molecule has 0 atom stereocenters. The Balaban J connectivity index is 2.00. The molecule has 2 aromatic carbocycles. The predicted octanol–water partition coefficient (Wildman–Crippen LogP) is 2.55. The molecule has 0 heterocycles. The van der Waals surface area contributed by atoms with Crippen molar-refractivity contribution in [2.24, 2.45) is 0 Å². The summed E-state index contributed by atoms with van der Waals surface area (Å²) in [7, 11) is -0.542. The second kappa shape index (κ2) is 8.13. The summed E-state index contributed by atoms with van der Waals surface area (Å²) in [6.45, 7) is 2.10. The van der Waals surface area contributed by atoms with Gasteiger partial charge < -0.3 is 10.6 Å². The summed E-state index contributed by atoms with van der Waals surface area (Å²) in [5, 5.41) is 5.77. The van der Waals surface area contributed by atoms with Crippen molar-refractivity contribution >= 4 is 27.3 Å². The van der Waals surface area contributed by atoms with E-state index in [4.69, 9.17) is 0 Å². The second-order valence-electron chi connectivity index (χ2n) is 5.77. The van der Waals surface area contributed by atoms with E-state index in [1.165, 1.54) is 26.2 Å². The van der Waals surface area contributed by atoms with E-state index in [0.29, 0.717) is 5.69 Å². The third kappa shape index (κ3) is 5.04. The number of hydrogen-bond donors (Lipinski definition) is 2. The molecule has 0 fully saturated rings.